The molecule has 2 aromatic heterocycles. The van der Waals surface area contributed by atoms with Crippen LogP contribution in [0.5, 0.6) is 0 Å². The van der Waals surface area contributed by atoms with Crippen molar-refractivity contribution in [2.75, 3.05) is 75.4 Å². The van der Waals surface area contributed by atoms with Gasteiger partial charge in [0.15, 0.2) is 6.29 Å². The van der Waals surface area contributed by atoms with Gasteiger partial charge in [0, 0.05) is 103 Å². The zero-order chi connectivity index (χ0) is 70.5. The Labute approximate surface area is 642 Å². The second-order valence-electron chi connectivity index (χ2n) is 24.2. The quantitative estimate of drug-likeness (QED) is 0.0251. The van der Waals surface area contributed by atoms with E-state index in [0.29, 0.717) is 92.3 Å². The van der Waals surface area contributed by atoms with Gasteiger partial charge in [0.2, 0.25) is 11.5 Å². The van der Waals surface area contributed by atoms with Gasteiger partial charge in [0.25, 0.3) is 11.4 Å². The van der Waals surface area contributed by atoms with Gasteiger partial charge in [-0.1, -0.05) is 131 Å². The molecule has 1 N–H and O–H groups in total. The van der Waals surface area contributed by atoms with Crippen LogP contribution in [0.3, 0.4) is 0 Å². The van der Waals surface area contributed by atoms with E-state index in [1.165, 1.54) is 49.6 Å². The molecule has 23 nitrogen and oxygen atoms in total. The topological polar surface area (TPSA) is 282 Å². The Kier molecular flexibility index (Phi) is 34.9. The van der Waals surface area contributed by atoms with Crippen LogP contribution >= 0.6 is 23.2 Å². The summed E-state index contributed by atoms with van der Waals surface area (Å²) < 4.78 is 31.9. The summed E-state index contributed by atoms with van der Waals surface area (Å²) in [5, 5.41) is 40.4. The predicted octanol–water partition coefficient (Wildman–Crippen LogP) is 6.60. The van der Waals surface area contributed by atoms with Gasteiger partial charge in [-0.25, -0.2) is 19.2 Å². The second kappa shape index (κ2) is 41.2. The van der Waals surface area contributed by atoms with E-state index in [0.717, 1.165) is 22.4 Å². The van der Waals surface area contributed by atoms with E-state index >= 15 is 0 Å². The summed E-state index contributed by atoms with van der Waals surface area (Å²) in [6.45, 7) is 16.8. The molecule has 5 heterocycles. The van der Waals surface area contributed by atoms with Gasteiger partial charge in [0.05, 0.1) is 34.2 Å². The Bertz CT molecular complexity index is 4010. The fourth-order valence-electron chi connectivity index (χ4n) is 11.2. The number of piperidine rings is 1. The fraction of sp³-hybridized carbons (Fsp3) is 0.329. The number of piperazine rings is 2. The zero-order valence-electron chi connectivity index (χ0n) is 57.8. The number of aliphatic hydroxyl groups is 1. The van der Waals surface area contributed by atoms with Crippen LogP contribution in [-0.4, -0.2) is 155 Å². The van der Waals surface area contributed by atoms with Gasteiger partial charge in [0.1, 0.15) is 30.8 Å². The van der Waals surface area contributed by atoms with Crippen molar-refractivity contribution >= 4 is 99.4 Å². The molecule has 3 fully saturated rings. The van der Waals surface area contributed by atoms with E-state index in [4.69, 9.17) is 56.3 Å². The molecule has 2 amide bonds. The van der Waals surface area contributed by atoms with Crippen LogP contribution in [0.15, 0.2) is 173 Å². The Morgan fingerprint density at radius 2 is 1.02 bits per heavy atom. The van der Waals surface area contributed by atoms with Crippen LogP contribution < -0.4 is 53.5 Å². The SMILES string of the molecule is CC1(C)CCCC(C)(C)[N-]1.CCOC(=O)c1ccc(-c2ccc(Cl)cc2)o1.CCOC(=O)c1oc(-c2ccc(Cl)cc2)cc1C(O)c1ccc(N2CCN(C(=O)OCc3ccccc3)CC2)cc1[N+](=O)[O-].O=Cc1cc(N2CCN(C(=O)OCc3ccccc3)CC2)ccc1[N+](=O)[O-].[Cl-].[Cl-].[Li+].[Mg+2]. The average molecular weight is 1480 g/mol. The molecule has 0 spiro atoms. The minimum absolute atomic E-state index is 0. The maximum atomic E-state index is 12.7. The number of carbonyl (C=O) groups excluding carboxylic acids is 5. The number of hydrogen-bond donors (Lipinski definition) is 1. The molecule has 3 saturated heterocycles. The normalized spacial score (nSPS) is 14.3. The third-order valence-electron chi connectivity index (χ3n) is 16.1. The van der Waals surface area contributed by atoms with Crippen LogP contribution in [0.2, 0.25) is 10.0 Å². The number of nitro groups is 2. The van der Waals surface area contributed by atoms with E-state index in [9.17, 15) is 49.3 Å². The van der Waals surface area contributed by atoms with Crippen molar-refractivity contribution in [1.82, 2.24) is 9.80 Å². The number of nitrogens with zero attached hydrogens (tertiary/aromatic N) is 7. The number of aldehydes is 1. The number of rotatable bonds is 17. The molecular formula is C73H78Cl4LiMgN7O16. The summed E-state index contributed by atoms with van der Waals surface area (Å²) in [5.74, 6) is -0.424. The van der Waals surface area contributed by atoms with Crippen molar-refractivity contribution in [3.8, 4) is 22.6 Å². The number of ether oxygens (including phenoxy) is 4. The summed E-state index contributed by atoms with van der Waals surface area (Å²) >= 11 is 11.8. The van der Waals surface area contributed by atoms with Gasteiger partial charge in [-0.15, -0.1) is 11.1 Å². The Morgan fingerprint density at radius 1 is 0.569 bits per heavy atom. The molecule has 1 unspecified atom stereocenters. The third-order valence-corrected chi connectivity index (χ3v) is 16.6. The number of amides is 2. The maximum absolute atomic E-state index is 12.7. The van der Waals surface area contributed by atoms with E-state index < -0.39 is 34.0 Å². The van der Waals surface area contributed by atoms with Gasteiger partial charge < -0.3 is 82.6 Å². The molecule has 6 aromatic carbocycles. The predicted molar refractivity (Wildman–Crippen MR) is 378 cm³/mol. The number of anilines is 2. The number of halogens is 4. The number of hydrogen-bond acceptors (Lipinski definition) is 18. The van der Waals surface area contributed by atoms with E-state index in [2.05, 4.69) is 27.7 Å². The van der Waals surface area contributed by atoms with E-state index in [-0.39, 0.29) is 149 Å². The number of aliphatic hydroxyl groups excluding tert-OH is 1. The average Bonchev–Trinajstić information content (AvgIpc) is 1.54. The molecular weight excluding hydrogens is 1400 g/mol. The Morgan fingerprint density at radius 3 is 1.46 bits per heavy atom. The molecule has 532 valence electrons. The first-order valence-electron chi connectivity index (χ1n) is 31.9. The molecule has 11 rings (SSSR count). The zero-order valence-corrected chi connectivity index (χ0v) is 62.2. The number of carbonyl (C=O) groups is 5. The van der Waals surface area contributed by atoms with Crippen LogP contribution in [0.1, 0.15) is 121 Å². The minimum Gasteiger partial charge on any atom is -1.00 e. The molecule has 0 saturated carbocycles. The van der Waals surface area contributed by atoms with Crippen molar-refractivity contribution in [3.05, 3.63) is 239 Å². The first-order valence-corrected chi connectivity index (χ1v) is 32.7. The van der Waals surface area contributed by atoms with Crippen molar-refractivity contribution < 1.29 is 110 Å². The molecule has 1 atom stereocenters. The summed E-state index contributed by atoms with van der Waals surface area (Å²) in [4.78, 5) is 89.1. The molecule has 102 heavy (non-hydrogen) atoms. The van der Waals surface area contributed by atoms with Crippen molar-refractivity contribution in [3.63, 3.8) is 0 Å². The van der Waals surface area contributed by atoms with Gasteiger partial charge >= 0.3 is 66.0 Å². The minimum atomic E-state index is -1.56. The molecule has 0 bridgehead atoms. The molecule has 8 aromatic rings. The van der Waals surface area contributed by atoms with Gasteiger partial charge in [-0.2, -0.15) is 0 Å². The first kappa shape index (κ1) is 86.3. The molecule has 3 aliphatic rings. The standard InChI is InChI=1S/C32H30ClN3O8.C19H19N3O5.C13H11ClO3.C9H18N.2ClH.Li.Mg/c1-2-42-31(38)30-26(19-28(44-30)22-8-10-23(33)11-9-22)29(37)25-13-12-24(18-27(25)36(40)41)34-14-16-35(17-15-34)32(39)43-20-21-6-4-3-5-7-21;23-13-16-12-17(6-7-18(16)22(25)26)20-8-10-21(11-9-20)19(24)27-14-15-4-2-1-3-5-15;1-2-16-13(15)12-8-7-11(17-12)9-3-5-10(14)6-4-9;1-8(2)6-5-7-9(3,4)10-8;;;;/h3-13,18-19,29,37H,2,14-17,20H2,1H3;1-7,12-13H,8-11,14H2;3-8H,2H2,1H3;5-7H2,1-4H3;2*1H;;/q;;;-1;;;+1;+2/p-2. The monoisotopic (exact) mass is 1480 g/mol. The van der Waals surface area contributed by atoms with E-state index in [1.54, 1.807) is 84.3 Å². The second-order valence-corrected chi connectivity index (χ2v) is 25.0. The summed E-state index contributed by atoms with van der Waals surface area (Å²) in [6.07, 6.45) is 1.99. The number of nitro benzene ring substituents is 2. The Hall–Kier alpha value is -8.13. The summed E-state index contributed by atoms with van der Waals surface area (Å²) in [5.41, 5.74) is 4.55. The molecule has 0 radical (unpaired) electrons. The van der Waals surface area contributed by atoms with Gasteiger partial charge in [-0.05, 0) is 116 Å². The fourth-order valence-corrected chi connectivity index (χ4v) is 11.5. The van der Waals surface area contributed by atoms with Crippen LogP contribution in [0.4, 0.5) is 32.3 Å². The van der Waals surface area contributed by atoms with Crippen LogP contribution in [0.25, 0.3) is 28.0 Å². The van der Waals surface area contributed by atoms with Crippen LogP contribution in [0, 0.1) is 20.2 Å². The van der Waals surface area contributed by atoms with Crippen molar-refractivity contribution in [1.29, 1.82) is 0 Å². The Balaban J connectivity index is 0.000000322. The summed E-state index contributed by atoms with van der Waals surface area (Å²) in [7, 11) is 0. The third kappa shape index (κ3) is 24.8. The first-order chi connectivity index (χ1) is 46.9. The number of furan rings is 2. The molecule has 29 heteroatoms. The van der Waals surface area contributed by atoms with Crippen LogP contribution in [-0.2, 0) is 32.2 Å². The maximum Gasteiger partial charge on any atom is 2.00 e. The summed E-state index contributed by atoms with van der Waals surface area (Å²) in [6, 6.07) is 46.5. The molecule has 3 aliphatic heterocycles. The van der Waals surface area contributed by atoms with Crippen molar-refractivity contribution in [2.24, 2.45) is 0 Å². The smallest absolute Gasteiger partial charge is 1.00 e. The van der Waals surface area contributed by atoms with Gasteiger partial charge in [-0.3, -0.25) is 25.0 Å². The largest absolute Gasteiger partial charge is 2.00 e. The van der Waals surface area contributed by atoms with Crippen molar-refractivity contribution in [2.45, 2.75) is 91.2 Å². The molecule has 0 aliphatic carbocycles. The van der Waals surface area contributed by atoms with E-state index in [1.807, 2.05) is 82.6 Å². The number of esters is 2. The number of benzene rings is 6.